The molecule has 1 aromatic heterocycles. The number of amides is 1. The topological polar surface area (TPSA) is 94.0 Å². The first kappa shape index (κ1) is 19.6. The standard InChI is InChI=1S/C22H24N6O2/c1-5-30-17-9-7-16(8-10-17)20-19(15(4)23-22-25-26-27-28(20)22)21(29)24-18-11-6-13(2)12-14(18)3/h6-12,20H,5H2,1-4H3,(H,24,29)(H,23,25,27)/t20-/m1/s1. The number of benzene rings is 2. The van der Waals surface area contributed by atoms with Gasteiger partial charge in [-0.2, -0.15) is 4.68 Å². The number of anilines is 2. The van der Waals surface area contributed by atoms with Crippen molar-refractivity contribution in [2.24, 2.45) is 0 Å². The molecule has 1 amide bonds. The molecule has 8 heteroatoms. The molecular weight excluding hydrogens is 380 g/mol. The van der Waals surface area contributed by atoms with Crippen molar-refractivity contribution in [3.63, 3.8) is 0 Å². The van der Waals surface area contributed by atoms with Crippen molar-refractivity contribution in [1.82, 2.24) is 20.2 Å². The second-order valence-electron chi connectivity index (χ2n) is 7.29. The van der Waals surface area contributed by atoms with E-state index in [2.05, 4.69) is 26.2 Å². The van der Waals surface area contributed by atoms with Crippen molar-refractivity contribution in [2.75, 3.05) is 17.2 Å². The van der Waals surface area contributed by atoms with Gasteiger partial charge in [0.05, 0.1) is 12.2 Å². The zero-order valence-corrected chi connectivity index (χ0v) is 17.4. The maximum absolute atomic E-state index is 13.4. The van der Waals surface area contributed by atoms with Crippen LogP contribution in [0.15, 0.2) is 53.7 Å². The van der Waals surface area contributed by atoms with Crippen LogP contribution in [0.5, 0.6) is 5.75 Å². The van der Waals surface area contributed by atoms with Gasteiger partial charge >= 0.3 is 0 Å². The fourth-order valence-corrected chi connectivity index (χ4v) is 3.67. The first-order valence-electron chi connectivity index (χ1n) is 9.85. The van der Waals surface area contributed by atoms with E-state index in [0.29, 0.717) is 23.8 Å². The van der Waals surface area contributed by atoms with E-state index >= 15 is 0 Å². The Hall–Kier alpha value is -3.68. The molecule has 0 bridgehead atoms. The molecule has 1 aliphatic rings. The van der Waals surface area contributed by atoms with Crippen LogP contribution in [0.3, 0.4) is 0 Å². The fourth-order valence-electron chi connectivity index (χ4n) is 3.67. The van der Waals surface area contributed by atoms with E-state index in [9.17, 15) is 4.79 Å². The fraction of sp³-hybridized carbons (Fsp3) is 0.273. The summed E-state index contributed by atoms with van der Waals surface area (Å²) in [6.07, 6.45) is 0. The zero-order chi connectivity index (χ0) is 21.3. The second kappa shape index (κ2) is 7.98. The van der Waals surface area contributed by atoms with Gasteiger partial charge in [-0.05, 0) is 67.4 Å². The van der Waals surface area contributed by atoms with E-state index in [0.717, 1.165) is 28.1 Å². The van der Waals surface area contributed by atoms with Crippen LogP contribution in [0.2, 0.25) is 0 Å². The van der Waals surface area contributed by atoms with Crippen molar-refractivity contribution in [2.45, 2.75) is 33.7 Å². The van der Waals surface area contributed by atoms with Gasteiger partial charge in [-0.1, -0.05) is 34.9 Å². The summed E-state index contributed by atoms with van der Waals surface area (Å²) < 4.78 is 7.17. The van der Waals surface area contributed by atoms with Crippen molar-refractivity contribution in [3.8, 4) is 5.75 Å². The van der Waals surface area contributed by atoms with Gasteiger partial charge in [0.2, 0.25) is 5.95 Å². The first-order valence-corrected chi connectivity index (χ1v) is 9.85. The molecule has 0 spiro atoms. The zero-order valence-electron chi connectivity index (χ0n) is 17.4. The van der Waals surface area contributed by atoms with Crippen LogP contribution >= 0.6 is 0 Å². The van der Waals surface area contributed by atoms with Gasteiger partial charge in [-0.25, -0.2) is 0 Å². The van der Waals surface area contributed by atoms with Gasteiger partial charge in [0.25, 0.3) is 5.91 Å². The molecule has 1 atom stereocenters. The monoisotopic (exact) mass is 404 g/mol. The Labute approximate surface area is 174 Å². The summed E-state index contributed by atoms with van der Waals surface area (Å²) in [5, 5.41) is 18.1. The van der Waals surface area contributed by atoms with Gasteiger partial charge in [0, 0.05) is 11.4 Å². The largest absolute Gasteiger partial charge is 0.494 e. The molecule has 0 saturated carbocycles. The smallest absolute Gasteiger partial charge is 0.255 e. The Bertz CT molecular complexity index is 1120. The van der Waals surface area contributed by atoms with Crippen molar-refractivity contribution in [3.05, 3.63) is 70.4 Å². The summed E-state index contributed by atoms with van der Waals surface area (Å²) in [4.78, 5) is 13.4. The summed E-state index contributed by atoms with van der Waals surface area (Å²) in [6, 6.07) is 13.1. The van der Waals surface area contributed by atoms with E-state index in [1.54, 1.807) is 4.68 Å². The van der Waals surface area contributed by atoms with Crippen molar-refractivity contribution >= 4 is 17.5 Å². The Balaban J connectivity index is 1.72. The molecule has 0 fully saturated rings. The normalized spacial score (nSPS) is 15.4. The molecule has 2 aromatic carbocycles. The number of hydrogen-bond acceptors (Lipinski definition) is 6. The number of allylic oxidation sites excluding steroid dienone is 1. The Kier molecular flexibility index (Phi) is 5.22. The highest BCUT2D eigenvalue weighted by Crippen LogP contribution is 2.35. The number of nitrogens with one attached hydrogen (secondary N) is 2. The Morgan fingerprint density at radius 1 is 1.17 bits per heavy atom. The van der Waals surface area contributed by atoms with E-state index < -0.39 is 6.04 Å². The lowest BCUT2D eigenvalue weighted by molar-refractivity contribution is -0.113. The van der Waals surface area contributed by atoms with Gasteiger partial charge in [0.1, 0.15) is 11.8 Å². The Morgan fingerprint density at radius 3 is 2.63 bits per heavy atom. The van der Waals surface area contributed by atoms with Crippen molar-refractivity contribution < 1.29 is 9.53 Å². The van der Waals surface area contributed by atoms with Crippen LogP contribution in [-0.4, -0.2) is 32.7 Å². The second-order valence-corrected chi connectivity index (χ2v) is 7.29. The molecule has 1 aliphatic heterocycles. The van der Waals surface area contributed by atoms with Gasteiger partial charge in [0.15, 0.2) is 0 Å². The molecule has 30 heavy (non-hydrogen) atoms. The third-order valence-corrected chi connectivity index (χ3v) is 5.10. The number of nitrogens with zero attached hydrogens (tertiary/aromatic N) is 4. The number of tetrazole rings is 1. The van der Waals surface area contributed by atoms with Crippen LogP contribution in [-0.2, 0) is 4.79 Å². The van der Waals surface area contributed by atoms with Crippen LogP contribution < -0.4 is 15.4 Å². The predicted molar refractivity (Wildman–Crippen MR) is 114 cm³/mol. The molecular formula is C22H24N6O2. The lowest BCUT2D eigenvalue weighted by Crippen LogP contribution is -2.31. The van der Waals surface area contributed by atoms with E-state index in [4.69, 9.17) is 4.74 Å². The minimum atomic E-state index is -0.460. The molecule has 0 aliphatic carbocycles. The highest BCUT2D eigenvalue weighted by Gasteiger charge is 2.34. The number of rotatable bonds is 5. The maximum Gasteiger partial charge on any atom is 0.255 e. The average Bonchev–Trinajstić information content (AvgIpc) is 3.18. The lowest BCUT2D eigenvalue weighted by atomic mass is 9.94. The lowest BCUT2D eigenvalue weighted by Gasteiger charge is -2.28. The Morgan fingerprint density at radius 2 is 1.93 bits per heavy atom. The number of carbonyl (C=O) groups excluding carboxylic acids is 1. The number of ether oxygens (including phenoxy) is 1. The quantitative estimate of drug-likeness (QED) is 0.675. The van der Waals surface area contributed by atoms with Gasteiger partial charge in [-0.3, -0.25) is 4.79 Å². The van der Waals surface area contributed by atoms with E-state index in [-0.39, 0.29) is 5.91 Å². The maximum atomic E-state index is 13.4. The SMILES string of the molecule is CCOc1ccc([C@@H]2C(C(=O)Nc3ccc(C)cc3C)=C(C)Nc3nnnn32)cc1. The highest BCUT2D eigenvalue weighted by atomic mass is 16.5. The molecule has 0 saturated heterocycles. The molecule has 8 nitrogen and oxygen atoms in total. The average molecular weight is 404 g/mol. The van der Waals surface area contributed by atoms with Crippen LogP contribution in [0.25, 0.3) is 0 Å². The molecule has 0 unspecified atom stereocenters. The van der Waals surface area contributed by atoms with E-state index in [1.165, 1.54) is 0 Å². The first-order chi connectivity index (χ1) is 14.5. The minimum Gasteiger partial charge on any atom is -0.494 e. The number of aryl methyl sites for hydroxylation is 2. The van der Waals surface area contributed by atoms with E-state index in [1.807, 2.05) is 70.2 Å². The van der Waals surface area contributed by atoms with Crippen molar-refractivity contribution in [1.29, 1.82) is 0 Å². The number of hydrogen-bond donors (Lipinski definition) is 2. The molecule has 3 aromatic rings. The molecule has 0 radical (unpaired) electrons. The van der Waals surface area contributed by atoms with Gasteiger partial charge in [-0.15, -0.1) is 0 Å². The van der Waals surface area contributed by atoms with Crippen LogP contribution in [0, 0.1) is 13.8 Å². The van der Waals surface area contributed by atoms with Crippen LogP contribution in [0.4, 0.5) is 11.6 Å². The number of carbonyl (C=O) groups is 1. The predicted octanol–water partition coefficient (Wildman–Crippen LogP) is 3.62. The summed E-state index contributed by atoms with van der Waals surface area (Å²) >= 11 is 0. The molecule has 2 heterocycles. The number of fused-ring (bicyclic) bond motifs is 1. The van der Waals surface area contributed by atoms with Crippen LogP contribution in [0.1, 0.15) is 36.6 Å². The summed E-state index contributed by atoms with van der Waals surface area (Å²) in [5.74, 6) is 1.07. The minimum absolute atomic E-state index is 0.202. The van der Waals surface area contributed by atoms with Gasteiger partial charge < -0.3 is 15.4 Å². The molecule has 154 valence electrons. The summed E-state index contributed by atoms with van der Waals surface area (Å²) in [6.45, 7) is 8.39. The molecule has 4 rings (SSSR count). The summed E-state index contributed by atoms with van der Waals surface area (Å²) in [5.41, 5.74) is 5.08. The highest BCUT2D eigenvalue weighted by molar-refractivity contribution is 6.06. The third kappa shape index (κ3) is 3.63. The number of aromatic nitrogens is 4. The molecule has 2 N–H and O–H groups in total. The summed E-state index contributed by atoms with van der Waals surface area (Å²) in [7, 11) is 0. The third-order valence-electron chi connectivity index (χ3n) is 5.10.